The average molecular weight is 275 g/mol. The quantitative estimate of drug-likeness (QED) is 0.569. The van der Waals surface area contributed by atoms with Crippen LogP contribution in [0.1, 0.15) is 62.8 Å². The van der Waals surface area contributed by atoms with Gasteiger partial charge in [-0.1, -0.05) is 19.8 Å². The summed E-state index contributed by atoms with van der Waals surface area (Å²) in [7, 11) is 0. The molecule has 1 aromatic rings. The first kappa shape index (κ1) is 13.6. The summed E-state index contributed by atoms with van der Waals surface area (Å²) in [6.07, 6.45) is 7.71. The van der Waals surface area contributed by atoms with Crippen molar-refractivity contribution < 1.29 is 0 Å². The van der Waals surface area contributed by atoms with Crippen LogP contribution in [-0.4, -0.2) is 16.5 Å². The third-order valence-electron chi connectivity index (χ3n) is 4.74. The molecule has 5 nitrogen and oxygen atoms in total. The first-order chi connectivity index (χ1) is 9.61. The van der Waals surface area contributed by atoms with Crippen LogP contribution in [0.3, 0.4) is 0 Å². The van der Waals surface area contributed by atoms with Crippen molar-refractivity contribution in [3.8, 4) is 0 Å². The van der Waals surface area contributed by atoms with Crippen LogP contribution in [0.15, 0.2) is 0 Å². The van der Waals surface area contributed by atoms with Gasteiger partial charge in [0.05, 0.1) is 0 Å². The van der Waals surface area contributed by atoms with E-state index >= 15 is 0 Å². The van der Waals surface area contributed by atoms with Crippen LogP contribution < -0.4 is 16.6 Å². The molecule has 0 aromatic carbocycles. The van der Waals surface area contributed by atoms with E-state index in [1.807, 2.05) is 6.92 Å². The van der Waals surface area contributed by atoms with Gasteiger partial charge in [0.1, 0.15) is 17.5 Å². The maximum atomic E-state index is 5.59. The number of nitrogen functional groups attached to an aromatic ring is 1. The van der Waals surface area contributed by atoms with Gasteiger partial charge in [0.2, 0.25) is 0 Å². The number of nitrogens with two attached hydrogens (primary N) is 1. The van der Waals surface area contributed by atoms with Crippen LogP contribution in [-0.2, 0) is 0 Å². The Labute approximate surface area is 120 Å². The van der Waals surface area contributed by atoms with Crippen molar-refractivity contribution in [1.29, 1.82) is 0 Å². The summed E-state index contributed by atoms with van der Waals surface area (Å²) >= 11 is 0. The van der Waals surface area contributed by atoms with Crippen LogP contribution in [0.5, 0.6) is 0 Å². The predicted octanol–water partition coefficient (Wildman–Crippen LogP) is 2.94. The van der Waals surface area contributed by atoms with Crippen LogP contribution in [0.2, 0.25) is 0 Å². The van der Waals surface area contributed by atoms with Gasteiger partial charge >= 0.3 is 0 Å². The predicted molar refractivity (Wildman–Crippen MR) is 81.6 cm³/mol. The fraction of sp³-hybridized carbons (Fsp3) is 0.733. The van der Waals surface area contributed by atoms with E-state index in [2.05, 4.69) is 22.7 Å². The SMILES string of the molecule is Cc1c(NN)nc(C2CC2)nc1NCC1(C)CCCC1. The molecule has 0 aliphatic heterocycles. The molecule has 2 saturated carbocycles. The number of nitrogens with zero attached hydrogens (tertiary/aromatic N) is 2. The van der Waals surface area contributed by atoms with E-state index in [1.54, 1.807) is 0 Å². The zero-order chi connectivity index (χ0) is 14.2. The van der Waals surface area contributed by atoms with Crippen LogP contribution in [0.4, 0.5) is 11.6 Å². The summed E-state index contributed by atoms with van der Waals surface area (Å²) in [5.41, 5.74) is 4.13. The molecule has 0 saturated heterocycles. The molecular weight excluding hydrogens is 250 g/mol. The lowest BCUT2D eigenvalue weighted by Gasteiger charge is -2.25. The number of nitrogens with one attached hydrogen (secondary N) is 2. The zero-order valence-electron chi connectivity index (χ0n) is 12.5. The number of anilines is 2. The minimum atomic E-state index is 0.410. The van der Waals surface area contributed by atoms with Crippen molar-refractivity contribution in [1.82, 2.24) is 9.97 Å². The topological polar surface area (TPSA) is 75.9 Å². The third-order valence-corrected chi connectivity index (χ3v) is 4.74. The fourth-order valence-electron chi connectivity index (χ4n) is 3.07. The maximum Gasteiger partial charge on any atom is 0.148 e. The molecule has 0 radical (unpaired) electrons. The second-order valence-electron chi connectivity index (χ2n) is 6.69. The molecule has 4 N–H and O–H groups in total. The Morgan fingerprint density at radius 3 is 2.45 bits per heavy atom. The van der Waals surface area contributed by atoms with Gasteiger partial charge in [-0.25, -0.2) is 15.8 Å². The summed E-state index contributed by atoms with van der Waals surface area (Å²) in [5.74, 6) is 8.75. The first-order valence-electron chi connectivity index (χ1n) is 7.70. The van der Waals surface area contributed by atoms with Gasteiger partial charge in [-0.2, -0.15) is 0 Å². The Morgan fingerprint density at radius 1 is 1.20 bits per heavy atom. The van der Waals surface area contributed by atoms with Crippen molar-refractivity contribution in [2.45, 2.75) is 58.3 Å². The van der Waals surface area contributed by atoms with E-state index in [1.165, 1.54) is 38.5 Å². The Balaban J connectivity index is 1.78. The molecule has 0 atom stereocenters. The molecule has 20 heavy (non-hydrogen) atoms. The minimum absolute atomic E-state index is 0.410. The molecule has 0 unspecified atom stereocenters. The lowest BCUT2D eigenvalue weighted by atomic mass is 9.89. The molecule has 2 fully saturated rings. The second-order valence-corrected chi connectivity index (χ2v) is 6.69. The number of hydrogen-bond donors (Lipinski definition) is 3. The highest BCUT2D eigenvalue weighted by Crippen LogP contribution is 2.40. The smallest absolute Gasteiger partial charge is 0.148 e. The van der Waals surface area contributed by atoms with Crippen LogP contribution in [0, 0.1) is 12.3 Å². The molecule has 2 aliphatic carbocycles. The lowest BCUT2D eigenvalue weighted by molar-refractivity contribution is 0.361. The molecule has 5 heteroatoms. The third kappa shape index (κ3) is 2.73. The molecule has 0 bridgehead atoms. The average Bonchev–Trinajstić information content (AvgIpc) is 3.20. The largest absolute Gasteiger partial charge is 0.369 e. The molecular formula is C15H25N5. The van der Waals surface area contributed by atoms with Gasteiger partial charge < -0.3 is 10.7 Å². The molecule has 0 spiro atoms. The van der Waals surface area contributed by atoms with E-state index in [-0.39, 0.29) is 0 Å². The van der Waals surface area contributed by atoms with Gasteiger partial charge in [-0.05, 0) is 38.0 Å². The monoisotopic (exact) mass is 275 g/mol. The number of aromatic nitrogens is 2. The van der Waals surface area contributed by atoms with Gasteiger partial charge in [0.15, 0.2) is 0 Å². The van der Waals surface area contributed by atoms with Gasteiger partial charge in [0.25, 0.3) is 0 Å². The summed E-state index contributed by atoms with van der Waals surface area (Å²) in [6, 6.07) is 0. The zero-order valence-corrected chi connectivity index (χ0v) is 12.5. The second kappa shape index (κ2) is 5.20. The highest BCUT2D eigenvalue weighted by Gasteiger charge is 2.30. The molecule has 0 amide bonds. The van der Waals surface area contributed by atoms with Crippen molar-refractivity contribution in [3.63, 3.8) is 0 Å². The number of hydrogen-bond acceptors (Lipinski definition) is 5. The van der Waals surface area contributed by atoms with Crippen molar-refractivity contribution >= 4 is 11.6 Å². The molecule has 1 heterocycles. The van der Waals surface area contributed by atoms with Crippen molar-refractivity contribution in [3.05, 3.63) is 11.4 Å². The van der Waals surface area contributed by atoms with E-state index in [9.17, 15) is 0 Å². The lowest BCUT2D eigenvalue weighted by Crippen LogP contribution is -2.24. The van der Waals surface area contributed by atoms with E-state index in [0.29, 0.717) is 11.3 Å². The highest BCUT2D eigenvalue weighted by atomic mass is 15.3. The van der Waals surface area contributed by atoms with Crippen LogP contribution >= 0.6 is 0 Å². The van der Waals surface area contributed by atoms with Gasteiger partial charge in [-0.15, -0.1) is 0 Å². The standard InChI is InChI=1S/C15H25N5/c1-10-12(17-9-15(2)7-3-4-8-15)18-14(11-5-6-11)19-13(10)20-16/h11H,3-9,16H2,1-2H3,(H2,17,18,19,20). The summed E-state index contributed by atoms with van der Waals surface area (Å²) in [4.78, 5) is 9.24. The first-order valence-corrected chi connectivity index (χ1v) is 7.70. The molecule has 110 valence electrons. The van der Waals surface area contributed by atoms with Gasteiger partial charge in [0, 0.05) is 18.0 Å². The van der Waals surface area contributed by atoms with Crippen LogP contribution in [0.25, 0.3) is 0 Å². The Hall–Kier alpha value is -1.36. The Bertz CT molecular complexity index is 489. The molecule has 2 aliphatic rings. The van der Waals surface area contributed by atoms with E-state index < -0.39 is 0 Å². The molecule has 1 aromatic heterocycles. The minimum Gasteiger partial charge on any atom is -0.369 e. The maximum absolute atomic E-state index is 5.59. The van der Waals surface area contributed by atoms with Crippen molar-refractivity contribution in [2.24, 2.45) is 11.3 Å². The van der Waals surface area contributed by atoms with E-state index in [4.69, 9.17) is 10.8 Å². The summed E-state index contributed by atoms with van der Waals surface area (Å²) in [6.45, 7) is 5.37. The Morgan fingerprint density at radius 2 is 1.85 bits per heavy atom. The van der Waals surface area contributed by atoms with E-state index in [0.717, 1.165) is 29.6 Å². The summed E-state index contributed by atoms with van der Waals surface area (Å²) in [5, 5.41) is 3.55. The Kier molecular flexibility index (Phi) is 3.54. The van der Waals surface area contributed by atoms with Gasteiger partial charge in [-0.3, -0.25) is 0 Å². The highest BCUT2D eigenvalue weighted by molar-refractivity contribution is 5.57. The summed E-state index contributed by atoms with van der Waals surface area (Å²) < 4.78 is 0. The number of rotatable bonds is 5. The molecule has 3 rings (SSSR count). The number of hydrazine groups is 1. The van der Waals surface area contributed by atoms with Crippen molar-refractivity contribution in [2.75, 3.05) is 17.3 Å². The fourth-order valence-corrected chi connectivity index (χ4v) is 3.07. The normalized spacial score (nSPS) is 20.9.